The molecule has 1 aliphatic rings. The van der Waals surface area contributed by atoms with Crippen molar-refractivity contribution in [3.8, 4) is 5.75 Å². The fraction of sp³-hybridized carbons (Fsp3) is 0.250. The number of rotatable bonds is 6. The van der Waals surface area contributed by atoms with Gasteiger partial charge in [0.25, 0.3) is 0 Å². The maximum Gasteiger partial charge on any atom is 0.307 e. The highest BCUT2D eigenvalue weighted by Crippen LogP contribution is 2.28. The van der Waals surface area contributed by atoms with Crippen molar-refractivity contribution in [1.29, 1.82) is 0 Å². The van der Waals surface area contributed by atoms with Crippen LogP contribution in [0.3, 0.4) is 0 Å². The molecular weight excluding hydrogens is 348 g/mol. The number of hydrogen-bond donors (Lipinski definition) is 2. The Morgan fingerprint density at radius 3 is 2.56 bits per heavy atom. The summed E-state index contributed by atoms with van der Waals surface area (Å²) in [6, 6.07) is 13.8. The summed E-state index contributed by atoms with van der Waals surface area (Å²) in [6.07, 6.45) is -0.0724. The van der Waals surface area contributed by atoms with Crippen molar-refractivity contribution in [2.45, 2.75) is 12.8 Å². The Balaban J connectivity index is 1.70. The maximum atomic E-state index is 12.6. The number of amides is 2. The van der Waals surface area contributed by atoms with E-state index in [1.807, 2.05) is 0 Å². The van der Waals surface area contributed by atoms with E-state index in [4.69, 9.17) is 9.84 Å². The number of carboxylic acid groups (broad SMARTS) is 1. The average Bonchev–Trinajstić information content (AvgIpc) is 3.05. The van der Waals surface area contributed by atoms with Gasteiger partial charge in [-0.15, -0.1) is 0 Å². The van der Waals surface area contributed by atoms with Gasteiger partial charge in [-0.2, -0.15) is 0 Å². The molecule has 0 saturated carbocycles. The lowest BCUT2D eigenvalue weighted by Crippen LogP contribution is -2.28. The first kappa shape index (κ1) is 18.4. The van der Waals surface area contributed by atoms with E-state index in [-0.39, 0.29) is 31.2 Å². The van der Waals surface area contributed by atoms with Crippen LogP contribution in [-0.2, 0) is 20.8 Å². The number of hydrogen-bond acceptors (Lipinski definition) is 4. The Bertz CT molecular complexity index is 863. The largest absolute Gasteiger partial charge is 0.497 e. The molecule has 0 spiro atoms. The summed E-state index contributed by atoms with van der Waals surface area (Å²) >= 11 is 0. The van der Waals surface area contributed by atoms with Gasteiger partial charge in [-0.1, -0.05) is 18.2 Å². The second-order valence-corrected chi connectivity index (χ2v) is 6.32. The molecule has 0 aliphatic carbocycles. The molecule has 140 valence electrons. The fourth-order valence-corrected chi connectivity index (χ4v) is 3.09. The number of nitrogens with one attached hydrogen (secondary N) is 1. The first-order valence-corrected chi connectivity index (χ1v) is 8.53. The van der Waals surface area contributed by atoms with Crippen LogP contribution in [0.4, 0.5) is 11.4 Å². The highest BCUT2D eigenvalue weighted by Gasteiger charge is 2.35. The molecular formula is C20H20N2O5. The predicted molar refractivity (Wildman–Crippen MR) is 99.9 cm³/mol. The summed E-state index contributed by atoms with van der Waals surface area (Å²) in [7, 11) is 1.57. The third-order valence-electron chi connectivity index (χ3n) is 4.50. The van der Waals surface area contributed by atoms with Crippen LogP contribution in [0.1, 0.15) is 12.0 Å². The molecule has 1 aliphatic heterocycles. The highest BCUT2D eigenvalue weighted by atomic mass is 16.5. The van der Waals surface area contributed by atoms with E-state index in [1.165, 1.54) is 0 Å². The number of anilines is 2. The second kappa shape index (κ2) is 7.90. The van der Waals surface area contributed by atoms with Gasteiger partial charge >= 0.3 is 5.97 Å². The molecule has 1 atom stereocenters. The van der Waals surface area contributed by atoms with Crippen LogP contribution in [0.5, 0.6) is 5.75 Å². The summed E-state index contributed by atoms with van der Waals surface area (Å²) in [4.78, 5) is 37.5. The van der Waals surface area contributed by atoms with E-state index in [2.05, 4.69) is 5.32 Å². The zero-order valence-corrected chi connectivity index (χ0v) is 14.8. The van der Waals surface area contributed by atoms with Crippen LogP contribution in [0, 0.1) is 5.92 Å². The zero-order valence-electron chi connectivity index (χ0n) is 14.8. The Kier molecular flexibility index (Phi) is 5.40. The van der Waals surface area contributed by atoms with Crippen molar-refractivity contribution in [2.24, 2.45) is 5.92 Å². The standard InChI is InChI=1S/C20H20N2O5/c1-27-16-8-6-15(7-9-16)22-12-14(10-18(22)23)20(26)21-17-5-3-2-4-13(17)11-19(24)25/h2-9,14H,10-12H2,1H3,(H,21,26)(H,24,25). The number of nitrogens with zero attached hydrogens (tertiary/aromatic N) is 1. The third-order valence-corrected chi connectivity index (χ3v) is 4.50. The van der Waals surface area contributed by atoms with Crippen LogP contribution >= 0.6 is 0 Å². The number of aliphatic carboxylic acids is 1. The predicted octanol–water partition coefficient (Wildman–Crippen LogP) is 2.31. The minimum absolute atomic E-state index is 0.110. The fourth-order valence-electron chi connectivity index (χ4n) is 3.09. The molecule has 0 bridgehead atoms. The molecule has 1 fully saturated rings. The van der Waals surface area contributed by atoms with Gasteiger partial charge in [0.15, 0.2) is 0 Å². The number of carbonyl (C=O) groups excluding carboxylic acids is 2. The lowest BCUT2D eigenvalue weighted by atomic mass is 10.1. The van der Waals surface area contributed by atoms with E-state index in [0.717, 1.165) is 0 Å². The van der Waals surface area contributed by atoms with Crippen molar-refractivity contribution < 1.29 is 24.2 Å². The number of carbonyl (C=O) groups is 3. The number of benzene rings is 2. The van der Waals surface area contributed by atoms with E-state index >= 15 is 0 Å². The monoisotopic (exact) mass is 368 g/mol. The molecule has 2 amide bonds. The Labute approximate surface area is 156 Å². The van der Waals surface area contributed by atoms with Gasteiger partial charge in [0.05, 0.1) is 19.4 Å². The molecule has 27 heavy (non-hydrogen) atoms. The summed E-state index contributed by atoms with van der Waals surface area (Å²) in [5.41, 5.74) is 1.69. The minimum atomic E-state index is -0.974. The second-order valence-electron chi connectivity index (χ2n) is 6.32. The van der Waals surface area contributed by atoms with Crippen LogP contribution in [-0.4, -0.2) is 36.5 Å². The van der Waals surface area contributed by atoms with E-state index in [9.17, 15) is 14.4 Å². The average molecular weight is 368 g/mol. The maximum absolute atomic E-state index is 12.6. The van der Waals surface area contributed by atoms with E-state index in [0.29, 0.717) is 22.7 Å². The molecule has 3 rings (SSSR count). The van der Waals surface area contributed by atoms with Gasteiger partial charge < -0.3 is 20.1 Å². The minimum Gasteiger partial charge on any atom is -0.497 e. The molecule has 0 aromatic heterocycles. The van der Waals surface area contributed by atoms with Crippen LogP contribution in [0.25, 0.3) is 0 Å². The van der Waals surface area contributed by atoms with Crippen molar-refractivity contribution >= 4 is 29.2 Å². The summed E-state index contributed by atoms with van der Waals surface area (Å²) in [5, 5.41) is 11.8. The van der Waals surface area contributed by atoms with Crippen LogP contribution < -0.4 is 15.0 Å². The van der Waals surface area contributed by atoms with Gasteiger partial charge in [-0.3, -0.25) is 14.4 Å². The molecule has 7 heteroatoms. The van der Waals surface area contributed by atoms with Gasteiger partial charge in [0, 0.05) is 24.3 Å². The normalized spacial score (nSPS) is 16.3. The third kappa shape index (κ3) is 4.25. The highest BCUT2D eigenvalue weighted by molar-refractivity contribution is 6.03. The first-order chi connectivity index (χ1) is 13.0. The molecule has 7 nitrogen and oxygen atoms in total. The van der Waals surface area contributed by atoms with Gasteiger partial charge in [0.2, 0.25) is 11.8 Å². The Morgan fingerprint density at radius 2 is 1.89 bits per heavy atom. The summed E-state index contributed by atoms with van der Waals surface area (Å²) < 4.78 is 5.11. The zero-order chi connectivity index (χ0) is 19.4. The van der Waals surface area contributed by atoms with Crippen molar-refractivity contribution in [1.82, 2.24) is 0 Å². The van der Waals surface area contributed by atoms with Gasteiger partial charge in [0.1, 0.15) is 5.75 Å². The molecule has 1 heterocycles. The number of ether oxygens (including phenoxy) is 1. The molecule has 2 aromatic carbocycles. The number of carboxylic acids is 1. The Morgan fingerprint density at radius 1 is 1.19 bits per heavy atom. The molecule has 0 radical (unpaired) electrons. The van der Waals surface area contributed by atoms with Crippen molar-refractivity contribution in [3.05, 3.63) is 54.1 Å². The molecule has 2 aromatic rings. The molecule has 2 N–H and O–H groups in total. The molecule has 1 unspecified atom stereocenters. The van der Waals surface area contributed by atoms with E-state index in [1.54, 1.807) is 60.5 Å². The van der Waals surface area contributed by atoms with E-state index < -0.39 is 11.9 Å². The lowest BCUT2D eigenvalue weighted by molar-refractivity contribution is -0.136. The topological polar surface area (TPSA) is 95.9 Å². The smallest absolute Gasteiger partial charge is 0.307 e. The SMILES string of the molecule is COc1ccc(N2CC(C(=O)Nc3ccccc3CC(=O)O)CC2=O)cc1. The summed E-state index contributed by atoms with van der Waals surface area (Å²) in [6.45, 7) is 0.276. The Hall–Kier alpha value is -3.35. The van der Waals surface area contributed by atoms with Crippen molar-refractivity contribution in [3.63, 3.8) is 0 Å². The van der Waals surface area contributed by atoms with Crippen LogP contribution in [0.15, 0.2) is 48.5 Å². The van der Waals surface area contributed by atoms with Gasteiger partial charge in [-0.25, -0.2) is 0 Å². The lowest BCUT2D eigenvalue weighted by Gasteiger charge is -2.17. The quantitative estimate of drug-likeness (QED) is 0.816. The number of para-hydroxylation sites is 1. The van der Waals surface area contributed by atoms with Crippen LogP contribution in [0.2, 0.25) is 0 Å². The van der Waals surface area contributed by atoms with Crippen molar-refractivity contribution in [2.75, 3.05) is 23.9 Å². The summed E-state index contributed by atoms with van der Waals surface area (Å²) in [5.74, 6) is -1.21. The molecule has 1 saturated heterocycles. The first-order valence-electron chi connectivity index (χ1n) is 8.53. The van der Waals surface area contributed by atoms with Gasteiger partial charge in [-0.05, 0) is 35.9 Å². The number of methoxy groups -OCH3 is 1.